The van der Waals surface area contributed by atoms with Gasteiger partial charge in [-0.2, -0.15) is 0 Å². The predicted octanol–water partition coefficient (Wildman–Crippen LogP) is 0.169. The topological polar surface area (TPSA) is 139 Å². The number of methoxy groups -OCH3 is 1. The minimum Gasteiger partial charge on any atom is -0.496 e. The van der Waals surface area contributed by atoms with Gasteiger partial charge >= 0.3 is 5.97 Å². The molecule has 0 aliphatic carbocycles. The Kier molecular flexibility index (Phi) is 5.61. The van der Waals surface area contributed by atoms with Crippen LogP contribution in [0.4, 0.5) is 5.69 Å². The second-order valence-electron chi connectivity index (χ2n) is 4.02. The number of amides is 1. The van der Waals surface area contributed by atoms with E-state index in [-0.39, 0.29) is 23.4 Å². The van der Waals surface area contributed by atoms with Gasteiger partial charge in [-0.3, -0.25) is 14.9 Å². The molecule has 0 aromatic heterocycles. The van der Waals surface area contributed by atoms with Crippen molar-refractivity contribution in [1.82, 2.24) is 5.32 Å². The Morgan fingerprint density at radius 1 is 1.48 bits per heavy atom. The van der Waals surface area contributed by atoms with Gasteiger partial charge in [-0.25, -0.2) is 4.79 Å². The normalized spacial score (nSPS) is 11.5. The van der Waals surface area contributed by atoms with E-state index in [0.717, 1.165) is 12.1 Å². The summed E-state index contributed by atoms with van der Waals surface area (Å²) in [5, 5.41) is 30.5. The second kappa shape index (κ2) is 7.20. The van der Waals surface area contributed by atoms with Crippen LogP contribution in [-0.2, 0) is 4.79 Å². The molecule has 3 N–H and O–H groups in total. The van der Waals surface area contributed by atoms with Crippen molar-refractivity contribution in [2.45, 2.75) is 12.5 Å². The highest BCUT2D eigenvalue weighted by molar-refractivity contribution is 5.99. The van der Waals surface area contributed by atoms with Crippen LogP contribution in [0.1, 0.15) is 16.8 Å². The van der Waals surface area contributed by atoms with Gasteiger partial charge in [-0.1, -0.05) is 0 Å². The largest absolute Gasteiger partial charge is 0.496 e. The number of hydrogen-bond donors (Lipinski definition) is 3. The van der Waals surface area contributed by atoms with Gasteiger partial charge in [0.1, 0.15) is 11.8 Å². The molecule has 0 fully saturated rings. The Labute approximate surface area is 119 Å². The number of non-ortho nitro benzene ring substituents is 1. The predicted molar refractivity (Wildman–Crippen MR) is 70.2 cm³/mol. The SMILES string of the molecule is COc1ccc([N+](=O)[O-])cc1C(=O)N[C@@H](CCO)C(=O)O. The molecule has 1 amide bonds. The molecule has 0 radical (unpaired) electrons. The number of benzene rings is 1. The zero-order chi connectivity index (χ0) is 16.0. The molecule has 1 atom stereocenters. The van der Waals surface area contributed by atoms with Crippen LogP contribution >= 0.6 is 0 Å². The summed E-state index contributed by atoms with van der Waals surface area (Å²) in [6.07, 6.45) is -0.182. The lowest BCUT2D eigenvalue weighted by atomic mass is 10.1. The number of ether oxygens (including phenoxy) is 1. The third-order valence-corrected chi connectivity index (χ3v) is 2.66. The minimum atomic E-state index is -1.32. The van der Waals surface area contributed by atoms with E-state index in [2.05, 4.69) is 5.32 Å². The number of nitro groups is 1. The fraction of sp³-hybridized carbons (Fsp3) is 0.333. The van der Waals surface area contributed by atoms with E-state index < -0.39 is 29.4 Å². The molecule has 0 saturated heterocycles. The van der Waals surface area contributed by atoms with E-state index >= 15 is 0 Å². The molecular weight excluding hydrogens is 284 g/mol. The van der Waals surface area contributed by atoms with Crippen molar-refractivity contribution >= 4 is 17.6 Å². The fourth-order valence-electron chi connectivity index (χ4n) is 1.61. The lowest BCUT2D eigenvalue weighted by Gasteiger charge is -2.14. The highest BCUT2D eigenvalue weighted by atomic mass is 16.6. The van der Waals surface area contributed by atoms with Crippen molar-refractivity contribution in [3.05, 3.63) is 33.9 Å². The van der Waals surface area contributed by atoms with Gasteiger partial charge < -0.3 is 20.3 Å². The molecular formula is C12H14N2O7. The zero-order valence-electron chi connectivity index (χ0n) is 11.1. The quantitative estimate of drug-likeness (QED) is 0.481. The maximum atomic E-state index is 12.0. The summed E-state index contributed by atoms with van der Waals surface area (Å²) in [5.41, 5.74) is -0.481. The molecule has 9 nitrogen and oxygen atoms in total. The number of carboxylic acid groups (broad SMARTS) is 1. The van der Waals surface area contributed by atoms with E-state index in [1.807, 2.05) is 0 Å². The smallest absolute Gasteiger partial charge is 0.326 e. The summed E-state index contributed by atoms with van der Waals surface area (Å²) in [4.78, 5) is 33.0. The number of carbonyl (C=O) groups excluding carboxylic acids is 1. The van der Waals surface area contributed by atoms with Crippen molar-refractivity contribution in [3.8, 4) is 5.75 Å². The van der Waals surface area contributed by atoms with Gasteiger partial charge in [0, 0.05) is 25.2 Å². The fourth-order valence-corrected chi connectivity index (χ4v) is 1.61. The Morgan fingerprint density at radius 3 is 2.62 bits per heavy atom. The first-order chi connectivity index (χ1) is 9.90. The van der Waals surface area contributed by atoms with Crippen LogP contribution < -0.4 is 10.1 Å². The monoisotopic (exact) mass is 298 g/mol. The first-order valence-corrected chi connectivity index (χ1v) is 5.87. The third-order valence-electron chi connectivity index (χ3n) is 2.66. The number of nitro benzene ring substituents is 1. The Bertz CT molecular complexity index is 559. The number of nitrogens with zero attached hydrogens (tertiary/aromatic N) is 1. The lowest BCUT2D eigenvalue weighted by Crippen LogP contribution is -2.41. The van der Waals surface area contributed by atoms with Crippen LogP contribution in [0.15, 0.2) is 18.2 Å². The van der Waals surface area contributed by atoms with Gasteiger partial charge in [-0.05, 0) is 6.07 Å². The first kappa shape index (κ1) is 16.4. The zero-order valence-corrected chi connectivity index (χ0v) is 11.1. The van der Waals surface area contributed by atoms with Crippen LogP contribution in [0.25, 0.3) is 0 Å². The summed E-state index contributed by atoms with van der Waals surface area (Å²) < 4.78 is 4.92. The molecule has 1 aromatic rings. The number of hydrogen-bond acceptors (Lipinski definition) is 6. The van der Waals surface area contributed by atoms with Gasteiger partial charge in [0.05, 0.1) is 17.6 Å². The highest BCUT2D eigenvalue weighted by Gasteiger charge is 2.23. The Balaban J connectivity index is 3.07. The molecule has 9 heteroatoms. The molecule has 0 bridgehead atoms. The number of aliphatic hydroxyl groups is 1. The van der Waals surface area contributed by atoms with E-state index in [0.29, 0.717) is 0 Å². The van der Waals surface area contributed by atoms with Gasteiger partial charge in [0.25, 0.3) is 11.6 Å². The molecule has 0 saturated carbocycles. The van der Waals surface area contributed by atoms with Crippen molar-refractivity contribution in [2.24, 2.45) is 0 Å². The standard InChI is InChI=1S/C12H14N2O7/c1-21-10-3-2-7(14(19)20)6-8(10)11(16)13-9(4-5-15)12(17)18/h2-3,6,9,15H,4-5H2,1H3,(H,13,16)(H,17,18)/t9-/m0/s1. The summed E-state index contributed by atoms with van der Waals surface area (Å²) in [6.45, 7) is -0.427. The van der Waals surface area contributed by atoms with Gasteiger partial charge in [0.15, 0.2) is 0 Å². The average molecular weight is 298 g/mol. The lowest BCUT2D eigenvalue weighted by molar-refractivity contribution is -0.384. The second-order valence-corrected chi connectivity index (χ2v) is 4.02. The number of aliphatic carboxylic acids is 1. The van der Waals surface area contributed by atoms with E-state index in [1.165, 1.54) is 13.2 Å². The summed E-state index contributed by atoms with van der Waals surface area (Å²) in [7, 11) is 1.28. The maximum Gasteiger partial charge on any atom is 0.326 e. The van der Waals surface area contributed by atoms with Crippen LogP contribution in [0.2, 0.25) is 0 Å². The molecule has 114 valence electrons. The summed E-state index contributed by atoms with van der Waals surface area (Å²) in [5.74, 6) is -2.08. The Morgan fingerprint density at radius 2 is 2.14 bits per heavy atom. The Hall–Kier alpha value is -2.68. The number of nitrogens with one attached hydrogen (secondary N) is 1. The van der Waals surface area contributed by atoms with Crippen molar-refractivity contribution < 1.29 is 29.5 Å². The van der Waals surface area contributed by atoms with E-state index in [4.69, 9.17) is 14.9 Å². The van der Waals surface area contributed by atoms with Crippen LogP contribution in [-0.4, -0.2) is 46.8 Å². The van der Waals surface area contributed by atoms with Crippen molar-refractivity contribution in [3.63, 3.8) is 0 Å². The molecule has 0 heterocycles. The van der Waals surface area contributed by atoms with Crippen LogP contribution in [0, 0.1) is 10.1 Å². The number of carboxylic acids is 1. The highest BCUT2D eigenvalue weighted by Crippen LogP contribution is 2.24. The number of carbonyl (C=O) groups is 2. The van der Waals surface area contributed by atoms with Crippen LogP contribution in [0.3, 0.4) is 0 Å². The number of rotatable bonds is 7. The van der Waals surface area contributed by atoms with E-state index in [9.17, 15) is 19.7 Å². The minimum absolute atomic E-state index is 0.0752. The molecule has 1 aromatic carbocycles. The number of aliphatic hydroxyl groups excluding tert-OH is 1. The molecule has 21 heavy (non-hydrogen) atoms. The molecule has 0 aliphatic rings. The molecule has 0 aliphatic heterocycles. The van der Waals surface area contributed by atoms with Crippen molar-refractivity contribution in [2.75, 3.05) is 13.7 Å². The average Bonchev–Trinajstić information content (AvgIpc) is 2.45. The first-order valence-electron chi connectivity index (χ1n) is 5.87. The van der Waals surface area contributed by atoms with Crippen LogP contribution in [0.5, 0.6) is 5.75 Å². The van der Waals surface area contributed by atoms with Gasteiger partial charge in [-0.15, -0.1) is 0 Å². The van der Waals surface area contributed by atoms with Gasteiger partial charge in [0.2, 0.25) is 0 Å². The van der Waals surface area contributed by atoms with Crippen molar-refractivity contribution in [1.29, 1.82) is 0 Å². The molecule has 0 spiro atoms. The third kappa shape index (κ3) is 4.14. The van der Waals surface area contributed by atoms with E-state index in [1.54, 1.807) is 0 Å². The molecule has 0 unspecified atom stereocenters. The maximum absolute atomic E-state index is 12.0. The summed E-state index contributed by atoms with van der Waals surface area (Å²) in [6, 6.07) is 2.10. The molecule has 1 rings (SSSR count). The summed E-state index contributed by atoms with van der Waals surface area (Å²) >= 11 is 0.